The number of hydroxylamine groups is 1. The Morgan fingerprint density at radius 3 is 2.29 bits per heavy atom. The first-order valence-corrected chi connectivity index (χ1v) is 10.7. The van der Waals surface area contributed by atoms with Gasteiger partial charge in [0.05, 0.1) is 0 Å². The molecule has 2 aromatic rings. The molecule has 166 valence electrons. The highest BCUT2D eigenvalue weighted by atomic mass is 16.5. The molecule has 0 spiro atoms. The molecule has 7 heteroatoms. The Hall–Kier alpha value is -2.90. The Labute approximate surface area is 182 Å². The zero-order chi connectivity index (χ0) is 22.2. The number of benzene rings is 2. The summed E-state index contributed by atoms with van der Waals surface area (Å²) in [7, 11) is 0. The van der Waals surface area contributed by atoms with Crippen LogP contribution in [0.4, 0.5) is 0 Å². The lowest BCUT2D eigenvalue weighted by Gasteiger charge is -2.37. The van der Waals surface area contributed by atoms with E-state index in [-0.39, 0.29) is 18.6 Å². The number of hydrogen-bond donors (Lipinski definition) is 4. The highest BCUT2D eigenvalue weighted by Crippen LogP contribution is 2.37. The van der Waals surface area contributed by atoms with Gasteiger partial charge in [0, 0.05) is 24.1 Å². The van der Waals surface area contributed by atoms with Crippen molar-refractivity contribution in [3.8, 4) is 11.5 Å². The number of carbonyl (C=O) groups excluding carboxylic acids is 2. The molecule has 4 N–H and O–H groups in total. The van der Waals surface area contributed by atoms with Crippen molar-refractivity contribution in [2.45, 2.75) is 38.6 Å². The van der Waals surface area contributed by atoms with Gasteiger partial charge in [0.1, 0.15) is 11.5 Å². The molecule has 0 aromatic heterocycles. The normalized spacial score (nSPS) is 19.6. The first-order valence-electron chi connectivity index (χ1n) is 10.7. The van der Waals surface area contributed by atoms with Crippen LogP contribution in [-0.4, -0.2) is 34.8 Å². The quantitative estimate of drug-likeness (QED) is 0.343. The highest BCUT2D eigenvalue weighted by molar-refractivity contribution is 5.94. The predicted molar refractivity (Wildman–Crippen MR) is 116 cm³/mol. The average Bonchev–Trinajstić information content (AvgIpc) is 2.76. The summed E-state index contributed by atoms with van der Waals surface area (Å²) in [6.45, 7) is 1.91. The van der Waals surface area contributed by atoms with E-state index in [4.69, 9.17) is 9.94 Å². The van der Waals surface area contributed by atoms with Crippen LogP contribution >= 0.6 is 0 Å². The van der Waals surface area contributed by atoms with Crippen LogP contribution in [0.5, 0.6) is 11.5 Å². The fraction of sp³-hybridized carbons (Fsp3) is 0.417. The van der Waals surface area contributed by atoms with Crippen molar-refractivity contribution in [2.75, 3.05) is 6.61 Å². The standard InChI is InChI=1S/C24H30N2O5/c1-16(23(28)26-30)11-20(14-17-12-18(13-17)15-27)25-24(29)19-7-9-22(10-8-19)31-21-5-3-2-4-6-21/h2-10,16-18,20,27,30H,11-15H2,1H3,(H,25,29)(H,26,28). The van der Waals surface area contributed by atoms with Gasteiger partial charge in [0.25, 0.3) is 5.91 Å². The topological polar surface area (TPSA) is 108 Å². The maximum absolute atomic E-state index is 12.8. The van der Waals surface area contributed by atoms with E-state index in [1.165, 1.54) is 0 Å². The molecule has 3 rings (SSSR count). The van der Waals surface area contributed by atoms with Crippen molar-refractivity contribution in [3.63, 3.8) is 0 Å². The van der Waals surface area contributed by atoms with Crippen LogP contribution in [0.3, 0.4) is 0 Å². The van der Waals surface area contributed by atoms with Crippen molar-refractivity contribution < 1.29 is 24.6 Å². The van der Waals surface area contributed by atoms with Gasteiger partial charge in [-0.1, -0.05) is 25.1 Å². The molecule has 0 bridgehead atoms. The lowest BCUT2D eigenvalue weighted by atomic mass is 9.72. The number of carbonyl (C=O) groups is 2. The fourth-order valence-electron chi connectivity index (χ4n) is 4.04. The molecule has 2 aromatic carbocycles. The van der Waals surface area contributed by atoms with Crippen LogP contribution in [0.2, 0.25) is 0 Å². The molecule has 1 fully saturated rings. The number of ether oxygens (including phenoxy) is 1. The summed E-state index contributed by atoms with van der Waals surface area (Å²) >= 11 is 0. The van der Waals surface area contributed by atoms with Crippen LogP contribution < -0.4 is 15.5 Å². The zero-order valence-corrected chi connectivity index (χ0v) is 17.7. The molecule has 2 unspecified atom stereocenters. The second-order valence-corrected chi connectivity index (χ2v) is 8.34. The summed E-state index contributed by atoms with van der Waals surface area (Å²) in [5.74, 6) is 0.972. The molecule has 0 aliphatic heterocycles. The van der Waals surface area contributed by atoms with E-state index in [0.29, 0.717) is 29.6 Å². The molecule has 7 nitrogen and oxygen atoms in total. The molecule has 0 saturated heterocycles. The number of nitrogens with one attached hydrogen (secondary N) is 2. The summed E-state index contributed by atoms with van der Waals surface area (Å²) in [4.78, 5) is 24.5. The Morgan fingerprint density at radius 1 is 1.03 bits per heavy atom. The van der Waals surface area contributed by atoms with E-state index in [2.05, 4.69) is 5.32 Å². The van der Waals surface area contributed by atoms with Gasteiger partial charge in [-0.15, -0.1) is 0 Å². The number of para-hydroxylation sites is 1. The second-order valence-electron chi connectivity index (χ2n) is 8.34. The van der Waals surface area contributed by atoms with E-state index in [0.717, 1.165) is 25.0 Å². The number of hydrogen-bond acceptors (Lipinski definition) is 5. The van der Waals surface area contributed by atoms with Crippen molar-refractivity contribution >= 4 is 11.8 Å². The minimum absolute atomic E-state index is 0.189. The average molecular weight is 427 g/mol. The molecule has 2 amide bonds. The van der Waals surface area contributed by atoms with Crippen molar-refractivity contribution in [1.29, 1.82) is 0 Å². The smallest absolute Gasteiger partial charge is 0.251 e. The first kappa shape index (κ1) is 22.8. The molecule has 0 heterocycles. The van der Waals surface area contributed by atoms with Gasteiger partial charge in [-0.05, 0) is 73.9 Å². The molecule has 1 saturated carbocycles. The first-order chi connectivity index (χ1) is 15.0. The fourth-order valence-corrected chi connectivity index (χ4v) is 4.04. The van der Waals surface area contributed by atoms with Gasteiger partial charge in [-0.2, -0.15) is 0 Å². The van der Waals surface area contributed by atoms with Gasteiger partial charge in [0.2, 0.25) is 5.91 Å². The third-order valence-electron chi connectivity index (χ3n) is 5.84. The molecule has 31 heavy (non-hydrogen) atoms. The molecule has 0 radical (unpaired) electrons. The minimum atomic E-state index is -0.469. The maximum Gasteiger partial charge on any atom is 0.251 e. The van der Waals surface area contributed by atoms with E-state index in [9.17, 15) is 14.7 Å². The summed E-state index contributed by atoms with van der Waals surface area (Å²) in [5, 5.41) is 21.2. The van der Waals surface area contributed by atoms with Gasteiger partial charge < -0.3 is 15.2 Å². The minimum Gasteiger partial charge on any atom is -0.457 e. The maximum atomic E-state index is 12.8. The highest BCUT2D eigenvalue weighted by Gasteiger charge is 2.32. The van der Waals surface area contributed by atoms with E-state index in [1.54, 1.807) is 36.7 Å². The van der Waals surface area contributed by atoms with Crippen LogP contribution in [0.15, 0.2) is 54.6 Å². The summed E-state index contributed by atoms with van der Waals surface area (Å²) in [6.07, 6.45) is 3.01. The molecular formula is C24H30N2O5. The van der Waals surface area contributed by atoms with Crippen LogP contribution in [-0.2, 0) is 4.79 Å². The van der Waals surface area contributed by atoms with Gasteiger partial charge >= 0.3 is 0 Å². The monoisotopic (exact) mass is 426 g/mol. The number of aliphatic hydroxyl groups is 1. The van der Waals surface area contributed by atoms with E-state index >= 15 is 0 Å². The van der Waals surface area contributed by atoms with E-state index < -0.39 is 11.8 Å². The Balaban J connectivity index is 1.60. The molecule has 1 aliphatic carbocycles. The van der Waals surface area contributed by atoms with Crippen LogP contribution in [0, 0.1) is 17.8 Å². The van der Waals surface area contributed by atoms with Gasteiger partial charge in [0.15, 0.2) is 0 Å². The van der Waals surface area contributed by atoms with E-state index in [1.807, 2.05) is 30.3 Å². The van der Waals surface area contributed by atoms with Gasteiger partial charge in [-0.3, -0.25) is 14.8 Å². The third-order valence-corrected chi connectivity index (χ3v) is 5.84. The Kier molecular flexibility index (Phi) is 8.03. The zero-order valence-electron chi connectivity index (χ0n) is 17.7. The summed E-state index contributed by atoms with van der Waals surface area (Å²) in [5.41, 5.74) is 2.19. The Bertz CT molecular complexity index is 850. The summed E-state index contributed by atoms with van der Waals surface area (Å²) in [6, 6.07) is 16.1. The van der Waals surface area contributed by atoms with Gasteiger partial charge in [-0.25, -0.2) is 5.48 Å². The molecular weight excluding hydrogens is 396 g/mol. The van der Waals surface area contributed by atoms with Crippen molar-refractivity contribution in [1.82, 2.24) is 10.8 Å². The van der Waals surface area contributed by atoms with Crippen LogP contribution in [0.1, 0.15) is 43.0 Å². The lowest BCUT2D eigenvalue weighted by Crippen LogP contribution is -2.41. The van der Waals surface area contributed by atoms with Crippen molar-refractivity contribution in [2.24, 2.45) is 17.8 Å². The Morgan fingerprint density at radius 2 is 1.68 bits per heavy atom. The molecule has 1 aliphatic rings. The summed E-state index contributed by atoms with van der Waals surface area (Å²) < 4.78 is 5.76. The molecule has 2 atom stereocenters. The number of amides is 2. The largest absolute Gasteiger partial charge is 0.457 e. The predicted octanol–water partition coefficient (Wildman–Crippen LogP) is 3.52. The third kappa shape index (κ3) is 6.54. The number of aliphatic hydroxyl groups excluding tert-OH is 1. The lowest BCUT2D eigenvalue weighted by molar-refractivity contribution is -0.133. The number of rotatable bonds is 10. The van der Waals surface area contributed by atoms with Crippen LogP contribution in [0.25, 0.3) is 0 Å². The second kappa shape index (κ2) is 10.9. The SMILES string of the molecule is CC(CC(CC1CC(CO)C1)NC(=O)c1ccc(Oc2ccccc2)cc1)C(=O)NO. The van der Waals surface area contributed by atoms with Crippen molar-refractivity contribution in [3.05, 3.63) is 60.2 Å².